The number of aromatic hydroxyl groups is 1. The maximum atomic E-state index is 12.8. The third-order valence-electron chi connectivity index (χ3n) is 3.44. The fourth-order valence-corrected chi connectivity index (χ4v) is 2.20. The standard InChI is InChI=1S/C18H16ClFN2O5/c1-22(9-16(24)21-13-5-3-12(20)4-6-13)17(25)10-27-18(26)14-7-2-11(19)8-15(14)23/h2-8,23H,9-10H2,1H3,(H,21,24). The highest BCUT2D eigenvalue weighted by atomic mass is 35.5. The lowest BCUT2D eigenvalue weighted by atomic mass is 10.2. The van der Waals surface area contributed by atoms with Crippen LogP contribution < -0.4 is 5.32 Å². The maximum Gasteiger partial charge on any atom is 0.342 e. The van der Waals surface area contributed by atoms with Crippen molar-refractivity contribution in [3.63, 3.8) is 0 Å². The van der Waals surface area contributed by atoms with E-state index in [1.807, 2.05) is 0 Å². The number of halogens is 2. The van der Waals surface area contributed by atoms with E-state index in [1.165, 1.54) is 49.5 Å². The lowest BCUT2D eigenvalue weighted by Crippen LogP contribution is -2.37. The first-order valence-corrected chi connectivity index (χ1v) is 8.09. The minimum Gasteiger partial charge on any atom is -0.507 e. The summed E-state index contributed by atoms with van der Waals surface area (Å²) in [5.41, 5.74) is 0.246. The average Bonchev–Trinajstić information content (AvgIpc) is 2.61. The predicted molar refractivity (Wildman–Crippen MR) is 96.1 cm³/mol. The van der Waals surface area contributed by atoms with Crippen LogP contribution in [0.4, 0.5) is 10.1 Å². The van der Waals surface area contributed by atoms with Crippen LogP contribution in [-0.2, 0) is 14.3 Å². The molecule has 0 bridgehead atoms. The molecule has 0 aliphatic heterocycles. The number of likely N-dealkylation sites (N-methyl/N-ethyl adjacent to an activating group) is 1. The van der Waals surface area contributed by atoms with Crippen molar-refractivity contribution < 1.29 is 28.6 Å². The molecule has 0 spiro atoms. The second-order valence-corrected chi connectivity index (χ2v) is 5.98. The quantitative estimate of drug-likeness (QED) is 0.734. The monoisotopic (exact) mass is 394 g/mol. The van der Waals surface area contributed by atoms with E-state index in [4.69, 9.17) is 16.3 Å². The minimum atomic E-state index is -0.901. The Labute approximate surface area is 159 Å². The number of hydrogen-bond donors (Lipinski definition) is 2. The smallest absolute Gasteiger partial charge is 0.342 e. The van der Waals surface area contributed by atoms with E-state index in [-0.39, 0.29) is 22.9 Å². The number of hydrogen-bond acceptors (Lipinski definition) is 5. The van der Waals surface area contributed by atoms with Gasteiger partial charge >= 0.3 is 5.97 Å². The number of ether oxygens (including phenoxy) is 1. The van der Waals surface area contributed by atoms with Crippen LogP contribution in [0.3, 0.4) is 0 Å². The molecule has 2 aromatic carbocycles. The van der Waals surface area contributed by atoms with E-state index >= 15 is 0 Å². The number of rotatable bonds is 6. The summed E-state index contributed by atoms with van der Waals surface area (Å²) in [6.07, 6.45) is 0. The molecule has 7 nitrogen and oxygen atoms in total. The largest absolute Gasteiger partial charge is 0.507 e. The second-order valence-electron chi connectivity index (χ2n) is 5.54. The molecule has 2 aromatic rings. The average molecular weight is 395 g/mol. The lowest BCUT2D eigenvalue weighted by Gasteiger charge is -2.17. The highest BCUT2D eigenvalue weighted by Gasteiger charge is 2.18. The molecule has 0 radical (unpaired) electrons. The minimum absolute atomic E-state index is 0.135. The van der Waals surface area contributed by atoms with Crippen molar-refractivity contribution in [2.45, 2.75) is 0 Å². The summed E-state index contributed by atoms with van der Waals surface area (Å²) in [6.45, 7) is -0.902. The number of nitrogens with zero attached hydrogens (tertiary/aromatic N) is 1. The summed E-state index contributed by atoms with van der Waals surface area (Å²) >= 11 is 5.68. The Hall–Kier alpha value is -3.13. The molecule has 0 aliphatic rings. The van der Waals surface area contributed by atoms with Crippen LogP contribution in [0, 0.1) is 5.82 Å². The molecule has 0 fully saturated rings. The van der Waals surface area contributed by atoms with E-state index in [0.717, 1.165) is 4.90 Å². The van der Waals surface area contributed by atoms with Gasteiger partial charge in [-0.1, -0.05) is 11.6 Å². The van der Waals surface area contributed by atoms with Crippen LogP contribution in [0.5, 0.6) is 5.75 Å². The Kier molecular flexibility index (Phi) is 6.73. The van der Waals surface area contributed by atoms with Gasteiger partial charge in [0, 0.05) is 17.8 Å². The fraction of sp³-hybridized carbons (Fsp3) is 0.167. The van der Waals surface area contributed by atoms with Crippen molar-refractivity contribution in [2.24, 2.45) is 0 Å². The number of carbonyl (C=O) groups excluding carboxylic acids is 3. The molecule has 0 aromatic heterocycles. The zero-order valence-corrected chi connectivity index (χ0v) is 15.0. The van der Waals surface area contributed by atoms with Gasteiger partial charge in [0.05, 0.1) is 6.54 Å². The van der Waals surface area contributed by atoms with Gasteiger partial charge in [0.2, 0.25) is 5.91 Å². The van der Waals surface area contributed by atoms with Crippen LogP contribution in [-0.4, -0.2) is 48.0 Å². The Balaban J connectivity index is 1.83. The first kappa shape index (κ1) is 20.2. The van der Waals surface area contributed by atoms with Gasteiger partial charge in [0.25, 0.3) is 5.91 Å². The lowest BCUT2D eigenvalue weighted by molar-refractivity contribution is -0.136. The van der Waals surface area contributed by atoms with Crippen molar-refractivity contribution >= 4 is 35.1 Å². The zero-order valence-electron chi connectivity index (χ0n) is 14.2. The van der Waals surface area contributed by atoms with Crippen LogP contribution in [0.25, 0.3) is 0 Å². The van der Waals surface area contributed by atoms with Crippen LogP contribution in [0.2, 0.25) is 5.02 Å². The van der Waals surface area contributed by atoms with Crippen molar-refractivity contribution in [3.8, 4) is 5.75 Å². The third kappa shape index (κ3) is 5.96. The number of nitrogens with one attached hydrogen (secondary N) is 1. The van der Waals surface area contributed by atoms with E-state index in [1.54, 1.807) is 0 Å². The number of phenols is 1. The summed E-state index contributed by atoms with van der Waals surface area (Å²) in [4.78, 5) is 36.8. The van der Waals surface area contributed by atoms with Gasteiger partial charge in [0.15, 0.2) is 6.61 Å². The van der Waals surface area contributed by atoms with E-state index in [2.05, 4.69) is 5.32 Å². The van der Waals surface area contributed by atoms with E-state index < -0.39 is 30.2 Å². The van der Waals surface area contributed by atoms with Crippen LogP contribution >= 0.6 is 11.6 Å². The van der Waals surface area contributed by atoms with Crippen LogP contribution in [0.1, 0.15) is 10.4 Å². The first-order chi connectivity index (χ1) is 12.8. The first-order valence-electron chi connectivity index (χ1n) is 7.71. The Bertz CT molecular complexity index is 857. The molecule has 0 heterocycles. The Morgan fingerprint density at radius 1 is 1.19 bits per heavy atom. The number of phenolic OH excluding ortho intramolecular Hbond substituents is 1. The molecule has 0 aliphatic carbocycles. The van der Waals surface area contributed by atoms with Gasteiger partial charge in [0.1, 0.15) is 17.1 Å². The van der Waals surface area contributed by atoms with Gasteiger partial charge in [-0.3, -0.25) is 9.59 Å². The Morgan fingerprint density at radius 2 is 1.85 bits per heavy atom. The number of benzene rings is 2. The second kappa shape index (κ2) is 9.00. The maximum absolute atomic E-state index is 12.8. The molecule has 0 atom stereocenters. The molecule has 0 saturated carbocycles. The molecule has 9 heteroatoms. The van der Waals surface area contributed by atoms with Crippen molar-refractivity contribution in [2.75, 3.05) is 25.5 Å². The number of esters is 1. The molecule has 0 saturated heterocycles. The number of anilines is 1. The van der Waals surface area contributed by atoms with Crippen molar-refractivity contribution in [1.82, 2.24) is 4.90 Å². The van der Waals surface area contributed by atoms with Crippen molar-refractivity contribution in [3.05, 3.63) is 58.9 Å². The molecule has 0 unspecified atom stereocenters. The highest BCUT2D eigenvalue weighted by molar-refractivity contribution is 6.30. The predicted octanol–water partition coefficient (Wildman–Crippen LogP) is 2.44. The molecular weight excluding hydrogens is 379 g/mol. The van der Waals surface area contributed by atoms with Gasteiger partial charge in [-0.2, -0.15) is 0 Å². The normalized spacial score (nSPS) is 10.2. The van der Waals surface area contributed by atoms with Gasteiger partial charge in [-0.15, -0.1) is 0 Å². The summed E-state index contributed by atoms with van der Waals surface area (Å²) in [5.74, 6) is -2.83. The third-order valence-corrected chi connectivity index (χ3v) is 3.68. The van der Waals surface area contributed by atoms with Gasteiger partial charge < -0.3 is 20.1 Å². The van der Waals surface area contributed by atoms with E-state index in [0.29, 0.717) is 5.69 Å². The summed E-state index contributed by atoms with van der Waals surface area (Å²) in [7, 11) is 1.36. The summed E-state index contributed by atoms with van der Waals surface area (Å²) in [6, 6.07) is 8.99. The molecule has 2 N–H and O–H groups in total. The summed E-state index contributed by atoms with van der Waals surface area (Å²) in [5, 5.41) is 12.4. The molecule has 142 valence electrons. The number of amides is 2. The van der Waals surface area contributed by atoms with Crippen LogP contribution in [0.15, 0.2) is 42.5 Å². The highest BCUT2D eigenvalue weighted by Crippen LogP contribution is 2.22. The zero-order chi connectivity index (χ0) is 20.0. The van der Waals surface area contributed by atoms with E-state index in [9.17, 15) is 23.9 Å². The molecular formula is C18H16ClFN2O5. The molecule has 2 amide bonds. The molecule has 2 rings (SSSR count). The number of carbonyl (C=O) groups is 3. The van der Waals surface area contributed by atoms with Gasteiger partial charge in [-0.25, -0.2) is 9.18 Å². The van der Waals surface area contributed by atoms with Gasteiger partial charge in [-0.05, 0) is 42.5 Å². The SMILES string of the molecule is CN(CC(=O)Nc1ccc(F)cc1)C(=O)COC(=O)c1ccc(Cl)cc1O. The summed E-state index contributed by atoms with van der Waals surface area (Å²) < 4.78 is 17.7. The topological polar surface area (TPSA) is 95.9 Å². The fourth-order valence-electron chi connectivity index (χ4n) is 2.03. The molecule has 27 heavy (non-hydrogen) atoms. The van der Waals surface area contributed by atoms with Crippen molar-refractivity contribution in [1.29, 1.82) is 0 Å². The Morgan fingerprint density at radius 3 is 2.48 bits per heavy atom.